The third-order valence-corrected chi connectivity index (χ3v) is 4.31. The molecule has 2 rings (SSSR count). The number of nitriles is 3. The predicted octanol–water partition coefficient (Wildman–Crippen LogP) is 4.45. The van der Waals surface area contributed by atoms with Crippen LogP contribution in [0.15, 0.2) is 48.1 Å². The Hall–Kier alpha value is -5.91. The largest absolute Gasteiger partial charge is 0.502 e. The van der Waals surface area contributed by atoms with Crippen LogP contribution in [0.3, 0.4) is 0 Å². The van der Waals surface area contributed by atoms with E-state index in [1.54, 1.807) is 60.7 Å². The topological polar surface area (TPSA) is 170 Å². The highest BCUT2D eigenvalue weighted by Crippen LogP contribution is 2.38. The summed E-state index contributed by atoms with van der Waals surface area (Å²) >= 11 is 0. The van der Waals surface area contributed by atoms with Crippen molar-refractivity contribution in [1.82, 2.24) is 0 Å². The van der Waals surface area contributed by atoms with Gasteiger partial charge in [-0.1, -0.05) is 18.2 Å². The quantitative estimate of drug-likeness (QED) is 0.124. The Morgan fingerprint density at radius 3 is 1.46 bits per heavy atom. The minimum absolute atomic E-state index is 0.00829. The highest BCUT2D eigenvalue weighted by molar-refractivity contribution is 5.75. The van der Waals surface area contributed by atoms with Crippen molar-refractivity contribution < 1.29 is 34.0 Å². The van der Waals surface area contributed by atoms with Gasteiger partial charge >= 0.3 is 0 Å². The molecule has 0 bridgehead atoms. The summed E-state index contributed by atoms with van der Waals surface area (Å²) in [6.07, 6.45) is 8.24. The van der Waals surface area contributed by atoms with Gasteiger partial charge in [0, 0.05) is 0 Å². The molecule has 0 atom stereocenters. The van der Waals surface area contributed by atoms with Crippen molar-refractivity contribution in [3.8, 4) is 52.7 Å². The van der Waals surface area contributed by atoms with Crippen LogP contribution in [0.25, 0.3) is 17.0 Å². The number of ether oxygens (including phenoxy) is 4. The van der Waals surface area contributed by atoms with Gasteiger partial charge in [-0.15, -0.1) is 0 Å². The molecule has 39 heavy (non-hydrogen) atoms. The van der Waals surface area contributed by atoms with E-state index in [0.717, 1.165) is 0 Å². The van der Waals surface area contributed by atoms with Crippen LogP contribution >= 0.6 is 0 Å². The molecular weight excluding hydrogens is 504 g/mol. The molecular formula is C28H26N4O7. The average molecular weight is 531 g/mol. The number of benzene rings is 2. The zero-order valence-electron chi connectivity index (χ0n) is 21.7. The lowest BCUT2D eigenvalue weighted by Crippen LogP contribution is -1.90. The summed E-state index contributed by atoms with van der Waals surface area (Å²) in [6, 6.07) is 11.6. The summed E-state index contributed by atoms with van der Waals surface area (Å²) < 4.78 is 19.9. The van der Waals surface area contributed by atoms with Crippen LogP contribution in [-0.4, -0.2) is 51.5 Å². The third kappa shape index (κ3) is 11.6. The second kappa shape index (κ2) is 19.3. The smallest absolute Gasteiger partial charge is 0.298 e. The van der Waals surface area contributed by atoms with E-state index in [4.69, 9.17) is 41.3 Å². The Morgan fingerprint density at radius 2 is 1.21 bits per heavy atom. The lowest BCUT2D eigenvalue weighted by atomic mass is 10.1. The van der Waals surface area contributed by atoms with E-state index in [1.165, 1.54) is 40.6 Å². The van der Waals surface area contributed by atoms with Crippen molar-refractivity contribution >= 4 is 18.4 Å². The molecule has 2 aromatic rings. The molecule has 2 N–H and O–H groups in total. The first-order valence-electron chi connectivity index (χ1n) is 10.7. The van der Waals surface area contributed by atoms with Crippen LogP contribution in [-0.2, 0) is 4.79 Å². The first kappa shape index (κ1) is 33.1. The van der Waals surface area contributed by atoms with Gasteiger partial charge < -0.3 is 34.0 Å². The summed E-state index contributed by atoms with van der Waals surface area (Å²) in [5.41, 5.74) is 1.43. The molecule has 0 aromatic heterocycles. The summed E-state index contributed by atoms with van der Waals surface area (Å²) in [7, 11) is 5.76. The van der Waals surface area contributed by atoms with Gasteiger partial charge in [0.1, 0.15) is 30.1 Å². The predicted molar refractivity (Wildman–Crippen MR) is 143 cm³/mol. The molecule has 0 spiro atoms. The molecule has 0 amide bonds. The molecule has 0 fully saturated rings. The van der Waals surface area contributed by atoms with Crippen LogP contribution in [0.4, 0.5) is 0 Å². The highest BCUT2D eigenvalue weighted by atomic mass is 16.5. The van der Waals surface area contributed by atoms with Crippen molar-refractivity contribution in [3.63, 3.8) is 0 Å². The molecule has 0 radical (unpaired) electrons. The zero-order valence-corrected chi connectivity index (χ0v) is 21.7. The molecule has 11 heteroatoms. The van der Waals surface area contributed by atoms with Crippen LogP contribution in [0.2, 0.25) is 0 Å². The number of nitrogens with zero attached hydrogens (tertiary/aromatic N) is 4. The molecule has 0 aliphatic carbocycles. The number of rotatable bonds is 8. The van der Waals surface area contributed by atoms with E-state index in [2.05, 4.69) is 4.85 Å². The number of carbonyl (C=O) groups excluding carboxylic acids is 1. The number of aromatic hydroxyl groups is 2. The molecule has 0 saturated carbocycles. The number of carbonyl (C=O) groups is 1. The fourth-order valence-corrected chi connectivity index (χ4v) is 2.56. The number of hydrogen-bond donors (Lipinski definition) is 2. The summed E-state index contributed by atoms with van der Waals surface area (Å²) in [4.78, 5) is 12.9. The van der Waals surface area contributed by atoms with Crippen LogP contribution in [0.5, 0.6) is 34.5 Å². The van der Waals surface area contributed by atoms with Crippen LogP contribution < -0.4 is 18.9 Å². The van der Waals surface area contributed by atoms with E-state index in [9.17, 15) is 15.0 Å². The van der Waals surface area contributed by atoms with Gasteiger partial charge in [-0.25, -0.2) is 6.57 Å². The molecule has 0 unspecified atom stereocenters. The van der Waals surface area contributed by atoms with Gasteiger partial charge in [0.05, 0.1) is 28.4 Å². The van der Waals surface area contributed by atoms with E-state index in [-0.39, 0.29) is 35.1 Å². The maximum Gasteiger partial charge on any atom is 0.298 e. The minimum atomic E-state index is -0.0765. The van der Waals surface area contributed by atoms with Crippen molar-refractivity contribution in [1.29, 1.82) is 15.8 Å². The fourth-order valence-electron chi connectivity index (χ4n) is 2.56. The second-order valence-electron chi connectivity index (χ2n) is 6.68. The lowest BCUT2D eigenvalue weighted by molar-refractivity contribution is -0.104. The molecule has 0 aliphatic heterocycles. The Morgan fingerprint density at radius 1 is 0.821 bits per heavy atom. The Kier molecular flexibility index (Phi) is 16.4. The van der Waals surface area contributed by atoms with Gasteiger partial charge in [0.25, 0.3) is 6.54 Å². The normalized spacial score (nSPS) is 9.13. The Balaban J connectivity index is 0.000000643. The third-order valence-electron chi connectivity index (χ3n) is 4.31. The number of aldehydes is 1. The number of allylic oxidation sites excluding steroid dienone is 4. The highest BCUT2D eigenvalue weighted by Gasteiger charge is 2.10. The Bertz CT molecular complexity index is 1290. The summed E-state index contributed by atoms with van der Waals surface area (Å²) in [5.74, 6) is 1.04. The van der Waals surface area contributed by atoms with Gasteiger partial charge in [0.2, 0.25) is 11.5 Å². The lowest BCUT2D eigenvalue weighted by Gasteiger charge is -2.09. The number of hydrogen-bond acceptors (Lipinski definition) is 10. The van der Waals surface area contributed by atoms with E-state index in [1.807, 2.05) is 0 Å². The fraction of sp³-hybridized carbons (Fsp3) is 0.179. The van der Waals surface area contributed by atoms with Crippen molar-refractivity contribution in [3.05, 3.63) is 70.6 Å². The van der Waals surface area contributed by atoms with Gasteiger partial charge in [-0.2, -0.15) is 15.8 Å². The van der Waals surface area contributed by atoms with Gasteiger partial charge in [0.15, 0.2) is 23.0 Å². The van der Waals surface area contributed by atoms with Crippen LogP contribution in [0, 0.1) is 40.6 Å². The van der Waals surface area contributed by atoms with E-state index < -0.39 is 0 Å². The molecule has 0 saturated heterocycles. The first-order chi connectivity index (χ1) is 18.8. The Labute approximate surface area is 226 Å². The molecule has 0 aliphatic rings. The average Bonchev–Trinajstić information content (AvgIpc) is 2.96. The van der Waals surface area contributed by atoms with Crippen molar-refractivity contribution in [2.24, 2.45) is 0 Å². The zero-order chi connectivity index (χ0) is 29.6. The standard InChI is InChI=1S/C14H12N2O3.C11H12O4.C3H2N2/c1-18-12-6-10(7-13(19-2)14(12)17)4-3-5-11(8-15)9-16;1-14-9-6-8(4-3-5-12)7-10(15-2)11(9)13;1-5-3-2-4/h3-7,17H,1-2H3;3-7,13H,1-2H3;3H2/b2*4-3+;. The maximum absolute atomic E-state index is 10.2. The second-order valence-corrected chi connectivity index (χ2v) is 6.68. The summed E-state index contributed by atoms with van der Waals surface area (Å²) in [6.45, 7) is 5.99. The number of phenolic OH excluding ortho intramolecular Hbond substituents is 2. The van der Waals surface area contributed by atoms with E-state index in [0.29, 0.717) is 28.9 Å². The minimum Gasteiger partial charge on any atom is -0.502 e. The SMILES string of the molecule is COc1cc(/C=C/C=C(C#N)C#N)cc(OC)c1O.COc1cc(/C=C/C=O)cc(OC)c1O.[C-]#[N+]CC#N. The van der Waals surface area contributed by atoms with E-state index >= 15 is 0 Å². The first-order valence-corrected chi connectivity index (χ1v) is 10.7. The van der Waals surface area contributed by atoms with Gasteiger partial charge in [-0.3, -0.25) is 4.79 Å². The number of phenols is 2. The van der Waals surface area contributed by atoms with Crippen molar-refractivity contribution in [2.45, 2.75) is 0 Å². The number of methoxy groups -OCH3 is 4. The maximum atomic E-state index is 10.2. The molecule has 0 heterocycles. The molecule has 200 valence electrons. The van der Waals surface area contributed by atoms with Gasteiger partial charge in [-0.05, 0) is 47.5 Å². The molecule has 11 nitrogen and oxygen atoms in total. The summed E-state index contributed by atoms with van der Waals surface area (Å²) in [5, 5.41) is 44.1. The monoisotopic (exact) mass is 530 g/mol. The van der Waals surface area contributed by atoms with Crippen LogP contribution in [0.1, 0.15) is 11.1 Å². The van der Waals surface area contributed by atoms with Crippen molar-refractivity contribution in [2.75, 3.05) is 35.0 Å². The molecule has 2 aromatic carbocycles.